The average molecular weight is 343 g/mol. The van der Waals surface area contributed by atoms with Gasteiger partial charge in [-0.25, -0.2) is 9.97 Å². The van der Waals surface area contributed by atoms with E-state index in [1.165, 1.54) is 5.56 Å². The summed E-state index contributed by atoms with van der Waals surface area (Å²) in [5.41, 5.74) is 2.45. The van der Waals surface area contributed by atoms with E-state index in [1.54, 1.807) is 6.33 Å². The molecule has 2 aromatic rings. The Bertz CT molecular complexity index is 731. The van der Waals surface area contributed by atoms with Crippen LogP contribution < -0.4 is 9.80 Å². The molecule has 0 aliphatic carbocycles. The lowest BCUT2D eigenvalue weighted by Gasteiger charge is -2.30. The van der Waals surface area contributed by atoms with Crippen LogP contribution in [0, 0.1) is 0 Å². The van der Waals surface area contributed by atoms with Gasteiger partial charge in [-0.15, -0.1) is 0 Å². The summed E-state index contributed by atoms with van der Waals surface area (Å²) in [6.45, 7) is 3.24. The van der Waals surface area contributed by atoms with E-state index in [2.05, 4.69) is 49.0 Å². The average Bonchev–Trinajstić information content (AvgIpc) is 3.20. The second kappa shape index (κ2) is 6.61. The normalized spacial score (nSPS) is 23.4. The Morgan fingerprint density at radius 2 is 2.16 bits per heavy atom. The number of aromatic amines is 1. The fourth-order valence-corrected chi connectivity index (χ4v) is 3.85. The van der Waals surface area contributed by atoms with E-state index in [4.69, 9.17) is 0 Å². The Kier molecular flexibility index (Phi) is 4.30. The fraction of sp³-hybridized carbons (Fsp3) is 0.588. The number of hydrogen-bond donors (Lipinski definition) is 2. The lowest BCUT2D eigenvalue weighted by atomic mass is 10.1. The zero-order valence-corrected chi connectivity index (χ0v) is 14.8. The first-order valence-electron chi connectivity index (χ1n) is 8.77. The van der Waals surface area contributed by atoms with Gasteiger partial charge in [-0.1, -0.05) is 0 Å². The fourth-order valence-electron chi connectivity index (χ4n) is 3.85. The molecule has 134 valence electrons. The number of H-pyrrole nitrogens is 1. The monoisotopic (exact) mass is 343 g/mol. The Hall–Kier alpha value is -2.19. The van der Waals surface area contributed by atoms with Crippen LogP contribution in [0.15, 0.2) is 18.6 Å². The maximum Gasteiger partial charge on any atom is 0.134 e. The number of nitrogens with zero attached hydrogens (tertiary/aromatic N) is 6. The highest BCUT2D eigenvalue weighted by Gasteiger charge is 2.32. The predicted octanol–water partition coefficient (Wildman–Crippen LogP) is 0.264. The molecule has 0 spiro atoms. The van der Waals surface area contributed by atoms with Gasteiger partial charge in [0.25, 0.3) is 0 Å². The third-order valence-electron chi connectivity index (χ3n) is 5.03. The third kappa shape index (κ3) is 3.32. The zero-order valence-electron chi connectivity index (χ0n) is 14.8. The second-order valence-corrected chi connectivity index (χ2v) is 7.24. The Morgan fingerprint density at radius 3 is 3.00 bits per heavy atom. The number of nitrogens with one attached hydrogen (secondary N) is 1. The highest BCUT2D eigenvalue weighted by molar-refractivity contribution is 5.52. The molecule has 4 rings (SSSR count). The number of hydrogen-bond acceptors (Lipinski definition) is 7. The van der Waals surface area contributed by atoms with Crippen molar-refractivity contribution in [2.24, 2.45) is 0 Å². The van der Waals surface area contributed by atoms with Crippen LogP contribution in [0.25, 0.3) is 0 Å². The maximum absolute atomic E-state index is 10.1. The Labute approximate surface area is 147 Å². The summed E-state index contributed by atoms with van der Waals surface area (Å²) < 4.78 is 0. The molecule has 1 saturated heterocycles. The van der Waals surface area contributed by atoms with Gasteiger partial charge in [0.2, 0.25) is 0 Å². The number of anilines is 2. The molecule has 4 heterocycles. The molecule has 0 radical (unpaired) electrons. The van der Waals surface area contributed by atoms with Gasteiger partial charge in [0.15, 0.2) is 0 Å². The van der Waals surface area contributed by atoms with Crippen molar-refractivity contribution in [2.45, 2.75) is 31.5 Å². The van der Waals surface area contributed by atoms with Crippen molar-refractivity contribution in [1.29, 1.82) is 0 Å². The van der Waals surface area contributed by atoms with Crippen LogP contribution in [0.2, 0.25) is 0 Å². The lowest BCUT2D eigenvalue weighted by molar-refractivity contribution is 0.191. The summed E-state index contributed by atoms with van der Waals surface area (Å²) in [5, 5.41) is 17.3. The molecular formula is C17H25N7O. The largest absolute Gasteiger partial charge is 0.391 e. The SMILES string of the molecule is CN(C)C[C@H]1C[C@@H](O)CN1c1cc(N2CCc3cn[nH]c3C2)ncn1. The van der Waals surface area contributed by atoms with Gasteiger partial charge < -0.3 is 19.8 Å². The van der Waals surface area contributed by atoms with Crippen LogP contribution in [-0.4, -0.2) is 76.0 Å². The minimum absolute atomic E-state index is 0.272. The zero-order chi connectivity index (χ0) is 17.4. The Balaban J connectivity index is 1.55. The molecule has 2 aliphatic heterocycles. The number of fused-ring (bicyclic) bond motifs is 1. The first kappa shape index (κ1) is 16.3. The standard InChI is InChI=1S/C17H25N7O/c1-22(2)8-13-5-14(25)9-24(13)17-6-16(18-11-19-17)23-4-3-12-7-20-21-15(12)10-23/h6-7,11,13-14,25H,3-5,8-10H2,1-2H3,(H,20,21)/t13-,14-/m1/s1. The molecule has 0 saturated carbocycles. The summed E-state index contributed by atoms with van der Waals surface area (Å²) in [6, 6.07) is 2.32. The van der Waals surface area contributed by atoms with Crippen molar-refractivity contribution in [1.82, 2.24) is 25.1 Å². The predicted molar refractivity (Wildman–Crippen MR) is 95.7 cm³/mol. The molecule has 25 heavy (non-hydrogen) atoms. The molecule has 2 aromatic heterocycles. The van der Waals surface area contributed by atoms with Crippen molar-refractivity contribution in [3.05, 3.63) is 29.8 Å². The van der Waals surface area contributed by atoms with E-state index >= 15 is 0 Å². The van der Waals surface area contributed by atoms with Crippen LogP contribution in [-0.2, 0) is 13.0 Å². The van der Waals surface area contributed by atoms with Gasteiger partial charge in [0, 0.05) is 31.7 Å². The Morgan fingerprint density at radius 1 is 1.32 bits per heavy atom. The molecule has 2 aliphatic rings. The molecule has 0 bridgehead atoms. The summed E-state index contributed by atoms with van der Waals surface area (Å²) in [5.74, 6) is 1.82. The highest BCUT2D eigenvalue weighted by Crippen LogP contribution is 2.28. The van der Waals surface area contributed by atoms with Crippen molar-refractivity contribution < 1.29 is 5.11 Å². The molecule has 0 amide bonds. The van der Waals surface area contributed by atoms with Gasteiger partial charge >= 0.3 is 0 Å². The van der Waals surface area contributed by atoms with Crippen LogP contribution in [0.3, 0.4) is 0 Å². The molecule has 8 nitrogen and oxygen atoms in total. The van der Waals surface area contributed by atoms with E-state index in [1.807, 2.05) is 12.3 Å². The van der Waals surface area contributed by atoms with E-state index in [9.17, 15) is 5.11 Å². The molecule has 0 unspecified atom stereocenters. The molecule has 0 aromatic carbocycles. The number of rotatable bonds is 4. The minimum atomic E-state index is -0.300. The topological polar surface area (TPSA) is 84.4 Å². The molecule has 8 heteroatoms. The van der Waals surface area contributed by atoms with Gasteiger partial charge in [-0.05, 0) is 32.5 Å². The van der Waals surface area contributed by atoms with E-state index in [0.717, 1.165) is 49.8 Å². The van der Waals surface area contributed by atoms with Crippen molar-refractivity contribution in [2.75, 3.05) is 43.5 Å². The van der Waals surface area contributed by atoms with Gasteiger partial charge in [0.05, 0.1) is 24.5 Å². The molecule has 1 fully saturated rings. The summed E-state index contributed by atoms with van der Waals surface area (Å²) in [6.07, 6.45) is 4.99. The molecular weight excluding hydrogens is 318 g/mol. The van der Waals surface area contributed by atoms with E-state index in [-0.39, 0.29) is 12.1 Å². The molecule has 2 atom stereocenters. The van der Waals surface area contributed by atoms with Gasteiger partial charge in [-0.2, -0.15) is 5.10 Å². The van der Waals surface area contributed by atoms with E-state index < -0.39 is 0 Å². The summed E-state index contributed by atoms with van der Waals surface area (Å²) in [7, 11) is 4.12. The van der Waals surface area contributed by atoms with Crippen LogP contribution in [0.1, 0.15) is 17.7 Å². The summed E-state index contributed by atoms with van der Waals surface area (Å²) >= 11 is 0. The maximum atomic E-state index is 10.1. The number of aliphatic hydroxyl groups is 1. The number of β-amino-alcohol motifs (C(OH)–C–C–N with tert-alkyl or cyclic N) is 1. The lowest BCUT2D eigenvalue weighted by Crippen LogP contribution is -2.38. The van der Waals surface area contributed by atoms with Crippen molar-refractivity contribution in [3.8, 4) is 0 Å². The van der Waals surface area contributed by atoms with Crippen LogP contribution >= 0.6 is 0 Å². The second-order valence-electron chi connectivity index (χ2n) is 7.24. The van der Waals surface area contributed by atoms with E-state index in [0.29, 0.717) is 6.54 Å². The molecule has 2 N–H and O–H groups in total. The summed E-state index contributed by atoms with van der Waals surface area (Å²) in [4.78, 5) is 15.6. The van der Waals surface area contributed by atoms with Gasteiger partial charge in [-0.3, -0.25) is 5.10 Å². The van der Waals surface area contributed by atoms with Crippen LogP contribution in [0.4, 0.5) is 11.6 Å². The first-order chi connectivity index (χ1) is 12.1. The quantitative estimate of drug-likeness (QED) is 0.824. The minimum Gasteiger partial charge on any atom is -0.391 e. The van der Waals surface area contributed by atoms with Crippen molar-refractivity contribution in [3.63, 3.8) is 0 Å². The number of aromatic nitrogens is 4. The number of aliphatic hydroxyl groups excluding tert-OH is 1. The van der Waals surface area contributed by atoms with Gasteiger partial charge in [0.1, 0.15) is 18.0 Å². The third-order valence-corrected chi connectivity index (χ3v) is 5.03. The first-order valence-corrected chi connectivity index (χ1v) is 8.77. The highest BCUT2D eigenvalue weighted by atomic mass is 16.3. The van der Waals surface area contributed by atoms with Crippen molar-refractivity contribution >= 4 is 11.6 Å². The smallest absolute Gasteiger partial charge is 0.134 e. The van der Waals surface area contributed by atoms with Crippen LogP contribution in [0.5, 0.6) is 0 Å². The number of likely N-dealkylation sites (N-methyl/N-ethyl adjacent to an activating group) is 1.